The number of ether oxygens (including phenoxy) is 1. The Morgan fingerprint density at radius 3 is 2.13 bits per heavy atom. The molecule has 0 heterocycles. The topological polar surface area (TPSA) is 60.4 Å². The van der Waals surface area contributed by atoms with Gasteiger partial charge in [-0.25, -0.2) is 4.79 Å². The predicted octanol–water partition coefficient (Wildman–Crippen LogP) is 5.55. The second-order valence-corrected chi connectivity index (χ2v) is 9.14. The molecule has 2 aromatic rings. The lowest BCUT2D eigenvalue weighted by Crippen LogP contribution is -2.27. The molecule has 3 rings (SSSR count). The summed E-state index contributed by atoms with van der Waals surface area (Å²) in [5.74, 6) is -1.28. The molecule has 0 atom stereocenters. The van der Waals surface area contributed by atoms with Crippen molar-refractivity contribution in [2.24, 2.45) is 0 Å². The van der Waals surface area contributed by atoms with Crippen LogP contribution in [-0.2, 0) is 21.6 Å². The second-order valence-electron chi connectivity index (χ2n) is 9.14. The van der Waals surface area contributed by atoms with Crippen LogP contribution in [0.15, 0.2) is 53.6 Å². The molecule has 2 aromatic carbocycles. The average Bonchev–Trinajstić information content (AvgIpc) is 2.70. The van der Waals surface area contributed by atoms with Crippen LogP contribution in [-0.4, -0.2) is 17.5 Å². The number of fused-ring (bicyclic) bond motifs is 1. The zero-order chi connectivity index (χ0) is 22.2. The van der Waals surface area contributed by atoms with E-state index in [1.54, 1.807) is 12.1 Å². The fraction of sp³-hybridized carbons (Fsp3) is 0.346. The van der Waals surface area contributed by atoms with Crippen molar-refractivity contribution in [1.82, 2.24) is 0 Å². The standard InChI is InChI=1S/C26H28O4/c1-15(2)18-9-12-20-21(13-18)23(27)16(3)22(24(20)28)25(29)30-14-17-7-10-19(11-8-17)26(4,5)6/h7-13,15H,14H2,1-6H3. The first-order valence-corrected chi connectivity index (χ1v) is 10.2. The summed E-state index contributed by atoms with van der Waals surface area (Å²) < 4.78 is 5.39. The van der Waals surface area contributed by atoms with E-state index in [1.165, 1.54) is 12.5 Å². The van der Waals surface area contributed by atoms with Gasteiger partial charge in [-0.1, -0.05) is 71.0 Å². The Bertz CT molecular complexity index is 1050. The van der Waals surface area contributed by atoms with Gasteiger partial charge in [0.25, 0.3) is 0 Å². The third-order valence-electron chi connectivity index (χ3n) is 5.54. The van der Waals surface area contributed by atoms with Crippen LogP contribution in [0.1, 0.15) is 84.9 Å². The summed E-state index contributed by atoms with van der Waals surface area (Å²) in [5, 5.41) is 0. The SMILES string of the molecule is CC1=C(C(=O)OCc2ccc(C(C)(C)C)cc2)C(=O)c2ccc(C(C)C)cc2C1=O. The Morgan fingerprint density at radius 1 is 0.933 bits per heavy atom. The van der Waals surface area contributed by atoms with Gasteiger partial charge < -0.3 is 4.74 Å². The zero-order valence-corrected chi connectivity index (χ0v) is 18.5. The van der Waals surface area contributed by atoms with E-state index in [0.717, 1.165) is 11.1 Å². The van der Waals surface area contributed by atoms with Crippen molar-refractivity contribution < 1.29 is 19.1 Å². The van der Waals surface area contributed by atoms with Gasteiger partial charge in [0.15, 0.2) is 5.78 Å². The highest BCUT2D eigenvalue weighted by atomic mass is 16.5. The van der Waals surface area contributed by atoms with Gasteiger partial charge in [0.1, 0.15) is 12.2 Å². The maximum atomic E-state index is 13.0. The number of allylic oxidation sites excluding steroid dienone is 1. The van der Waals surface area contributed by atoms with E-state index in [-0.39, 0.29) is 40.4 Å². The van der Waals surface area contributed by atoms with E-state index in [9.17, 15) is 14.4 Å². The molecule has 0 aromatic heterocycles. The fourth-order valence-electron chi connectivity index (χ4n) is 3.50. The van der Waals surface area contributed by atoms with E-state index in [1.807, 2.05) is 44.2 Å². The summed E-state index contributed by atoms with van der Waals surface area (Å²) in [6.07, 6.45) is 0. The van der Waals surface area contributed by atoms with Gasteiger partial charge in [0, 0.05) is 16.7 Å². The Labute approximate surface area is 178 Å². The van der Waals surface area contributed by atoms with Crippen molar-refractivity contribution in [1.29, 1.82) is 0 Å². The Kier molecular flexibility index (Phi) is 5.80. The molecule has 30 heavy (non-hydrogen) atoms. The first kappa shape index (κ1) is 21.7. The van der Waals surface area contributed by atoms with Gasteiger partial charge in [-0.2, -0.15) is 0 Å². The molecule has 0 fully saturated rings. The summed E-state index contributed by atoms with van der Waals surface area (Å²) in [6, 6.07) is 13.0. The van der Waals surface area contributed by atoms with Crippen LogP contribution in [0.25, 0.3) is 0 Å². The van der Waals surface area contributed by atoms with E-state index in [2.05, 4.69) is 20.8 Å². The van der Waals surface area contributed by atoms with Crippen molar-refractivity contribution in [3.63, 3.8) is 0 Å². The molecule has 0 radical (unpaired) electrons. The highest BCUT2D eigenvalue weighted by molar-refractivity contribution is 6.35. The van der Waals surface area contributed by atoms with Crippen LogP contribution < -0.4 is 0 Å². The molecule has 0 saturated carbocycles. The number of ketones is 2. The van der Waals surface area contributed by atoms with Crippen LogP contribution in [0.3, 0.4) is 0 Å². The molecule has 4 heteroatoms. The van der Waals surface area contributed by atoms with Crippen molar-refractivity contribution in [3.8, 4) is 0 Å². The highest BCUT2D eigenvalue weighted by Gasteiger charge is 2.35. The maximum Gasteiger partial charge on any atom is 0.342 e. The molecule has 0 bridgehead atoms. The number of esters is 1. The molecular formula is C26H28O4. The minimum atomic E-state index is -0.760. The fourth-order valence-corrected chi connectivity index (χ4v) is 3.50. The number of hydrogen-bond acceptors (Lipinski definition) is 4. The van der Waals surface area contributed by atoms with Crippen LogP contribution in [0.4, 0.5) is 0 Å². The second kappa shape index (κ2) is 8.02. The lowest BCUT2D eigenvalue weighted by atomic mass is 9.83. The van der Waals surface area contributed by atoms with Gasteiger partial charge in [-0.3, -0.25) is 9.59 Å². The summed E-state index contributed by atoms with van der Waals surface area (Å²) in [5.41, 5.74) is 3.61. The lowest BCUT2D eigenvalue weighted by molar-refractivity contribution is -0.139. The van der Waals surface area contributed by atoms with Gasteiger partial charge >= 0.3 is 5.97 Å². The van der Waals surface area contributed by atoms with Gasteiger partial charge in [0.2, 0.25) is 5.78 Å². The van der Waals surface area contributed by atoms with Gasteiger partial charge in [-0.05, 0) is 41.0 Å². The minimum Gasteiger partial charge on any atom is -0.457 e. The van der Waals surface area contributed by atoms with Gasteiger partial charge in [-0.15, -0.1) is 0 Å². The molecule has 0 saturated heterocycles. The molecular weight excluding hydrogens is 376 g/mol. The molecule has 0 unspecified atom stereocenters. The van der Waals surface area contributed by atoms with Crippen molar-refractivity contribution >= 4 is 17.5 Å². The van der Waals surface area contributed by atoms with Crippen molar-refractivity contribution in [3.05, 3.63) is 81.4 Å². The Balaban J connectivity index is 1.80. The normalized spacial score (nSPS) is 14.2. The lowest BCUT2D eigenvalue weighted by Gasteiger charge is -2.20. The number of benzene rings is 2. The molecule has 0 amide bonds. The van der Waals surface area contributed by atoms with E-state index in [0.29, 0.717) is 5.56 Å². The third kappa shape index (κ3) is 4.13. The number of rotatable bonds is 4. The first-order chi connectivity index (χ1) is 14.0. The first-order valence-electron chi connectivity index (χ1n) is 10.2. The van der Waals surface area contributed by atoms with E-state index >= 15 is 0 Å². The zero-order valence-electron chi connectivity index (χ0n) is 18.5. The Hall–Kier alpha value is -3.01. The van der Waals surface area contributed by atoms with Crippen LogP contribution in [0.2, 0.25) is 0 Å². The summed E-state index contributed by atoms with van der Waals surface area (Å²) in [4.78, 5) is 38.5. The number of Topliss-reactive ketones (excluding diaryl/α,β-unsaturated/α-hetero) is 2. The van der Waals surface area contributed by atoms with E-state index < -0.39 is 11.8 Å². The summed E-state index contributed by atoms with van der Waals surface area (Å²) in [7, 11) is 0. The van der Waals surface area contributed by atoms with Crippen molar-refractivity contribution in [2.45, 2.75) is 59.5 Å². The monoisotopic (exact) mass is 404 g/mol. The number of carbonyl (C=O) groups excluding carboxylic acids is 3. The third-order valence-corrected chi connectivity index (χ3v) is 5.54. The quantitative estimate of drug-likeness (QED) is 0.495. The molecule has 0 aliphatic heterocycles. The summed E-state index contributed by atoms with van der Waals surface area (Å²) >= 11 is 0. The molecule has 0 N–H and O–H groups in total. The summed E-state index contributed by atoms with van der Waals surface area (Å²) in [6.45, 7) is 12.0. The number of carbonyl (C=O) groups is 3. The van der Waals surface area contributed by atoms with Crippen LogP contribution in [0, 0.1) is 0 Å². The van der Waals surface area contributed by atoms with E-state index in [4.69, 9.17) is 4.74 Å². The smallest absolute Gasteiger partial charge is 0.342 e. The average molecular weight is 405 g/mol. The van der Waals surface area contributed by atoms with Crippen molar-refractivity contribution in [2.75, 3.05) is 0 Å². The highest BCUT2D eigenvalue weighted by Crippen LogP contribution is 2.30. The number of hydrogen-bond donors (Lipinski definition) is 0. The van der Waals surface area contributed by atoms with Crippen LogP contribution >= 0.6 is 0 Å². The largest absolute Gasteiger partial charge is 0.457 e. The maximum absolute atomic E-state index is 13.0. The van der Waals surface area contributed by atoms with Crippen LogP contribution in [0.5, 0.6) is 0 Å². The van der Waals surface area contributed by atoms with Gasteiger partial charge in [0.05, 0.1) is 0 Å². The predicted molar refractivity (Wildman–Crippen MR) is 117 cm³/mol. The molecule has 1 aliphatic carbocycles. The Morgan fingerprint density at radius 2 is 1.57 bits per heavy atom. The minimum absolute atomic E-state index is 0.0365. The molecule has 4 nitrogen and oxygen atoms in total. The molecule has 1 aliphatic rings. The molecule has 0 spiro atoms. The molecule has 156 valence electrons.